The van der Waals surface area contributed by atoms with Crippen LogP contribution in [0, 0.1) is 11.6 Å². The molecule has 0 aliphatic carbocycles. The van der Waals surface area contributed by atoms with Crippen LogP contribution in [0.15, 0.2) is 12.3 Å². The van der Waals surface area contributed by atoms with Crippen LogP contribution in [-0.4, -0.2) is 24.4 Å². The lowest BCUT2D eigenvalue weighted by Crippen LogP contribution is -2.00. The number of benzene rings is 1. The third-order valence-electron chi connectivity index (χ3n) is 2.49. The first-order valence-electron chi connectivity index (χ1n) is 4.99. The lowest BCUT2D eigenvalue weighted by atomic mass is 10.1. The zero-order valence-corrected chi connectivity index (χ0v) is 9.75. The third kappa shape index (κ3) is 1.73. The van der Waals surface area contributed by atoms with Crippen molar-refractivity contribution in [1.29, 1.82) is 0 Å². The highest BCUT2D eigenvalue weighted by molar-refractivity contribution is 5.83. The number of anilines is 1. The van der Waals surface area contributed by atoms with Crippen molar-refractivity contribution in [3.05, 3.63) is 23.9 Å². The molecular formula is C11H11F2N3O2. The summed E-state index contributed by atoms with van der Waals surface area (Å²) in [6.07, 6.45) is 1.34. The highest BCUT2D eigenvalue weighted by atomic mass is 19.1. The van der Waals surface area contributed by atoms with Gasteiger partial charge in [-0.15, -0.1) is 0 Å². The average molecular weight is 255 g/mol. The summed E-state index contributed by atoms with van der Waals surface area (Å²) < 4.78 is 37.2. The first-order chi connectivity index (χ1) is 8.60. The van der Waals surface area contributed by atoms with E-state index in [9.17, 15) is 8.78 Å². The lowest BCUT2D eigenvalue weighted by Gasteiger charge is -2.14. The number of nitrogens with one attached hydrogen (secondary N) is 1. The fourth-order valence-electron chi connectivity index (χ4n) is 1.72. The molecule has 0 bridgehead atoms. The molecule has 96 valence electrons. The van der Waals surface area contributed by atoms with E-state index in [2.05, 4.69) is 10.2 Å². The maximum Gasteiger partial charge on any atom is 0.168 e. The summed E-state index contributed by atoms with van der Waals surface area (Å²) in [5, 5.41) is 6.18. The smallest absolute Gasteiger partial charge is 0.168 e. The molecule has 0 saturated heterocycles. The molecule has 18 heavy (non-hydrogen) atoms. The van der Waals surface area contributed by atoms with Gasteiger partial charge in [-0.2, -0.15) is 5.10 Å². The number of nitrogens with zero attached hydrogens (tertiary/aromatic N) is 1. The van der Waals surface area contributed by atoms with E-state index in [1.54, 1.807) is 0 Å². The summed E-state index contributed by atoms with van der Waals surface area (Å²) >= 11 is 0. The molecule has 2 aromatic rings. The van der Waals surface area contributed by atoms with E-state index in [0.717, 1.165) is 0 Å². The lowest BCUT2D eigenvalue weighted by molar-refractivity contribution is 0.361. The van der Waals surface area contributed by atoms with Crippen molar-refractivity contribution in [1.82, 2.24) is 10.2 Å². The van der Waals surface area contributed by atoms with Gasteiger partial charge in [0.25, 0.3) is 0 Å². The number of ether oxygens (including phenoxy) is 2. The number of aromatic nitrogens is 2. The molecule has 0 unspecified atom stereocenters. The summed E-state index contributed by atoms with van der Waals surface area (Å²) in [5.41, 5.74) is 6.04. The fraction of sp³-hybridized carbons (Fsp3) is 0.182. The number of rotatable bonds is 3. The van der Waals surface area contributed by atoms with Crippen LogP contribution in [0.25, 0.3) is 11.1 Å². The van der Waals surface area contributed by atoms with Crippen LogP contribution in [0.3, 0.4) is 0 Å². The van der Waals surface area contributed by atoms with E-state index in [0.29, 0.717) is 11.6 Å². The van der Waals surface area contributed by atoms with E-state index < -0.39 is 11.6 Å². The van der Waals surface area contributed by atoms with E-state index >= 15 is 0 Å². The SMILES string of the molecule is COc1c(F)cc(F)c(OC)c1-c1cn[nH]c1N. The quantitative estimate of drug-likeness (QED) is 0.879. The molecule has 2 rings (SSSR count). The maximum atomic E-state index is 13.7. The second-order valence-corrected chi connectivity index (χ2v) is 3.48. The van der Waals surface area contributed by atoms with E-state index in [1.807, 2.05) is 0 Å². The highest BCUT2D eigenvalue weighted by Gasteiger charge is 2.23. The Morgan fingerprint density at radius 2 is 1.72 bits per heavy atom. The minimum Gasteiger partial charge on any atom is -0.493 e. The minimum atomic E-state index is -0.841. The molecular weight excluding hydrogens is 244 g/mol. The monoisotopic (exact) mass is 255 g/mol. The number of hydrogen-bond acceptors (Lipinski definition) is 4. The molecule has 1 aromatic carbocycles. The van der Waals surface area contributed by atoms with E-state index in [4.69, 9.17) is 15.2 Å². The van der Waals surface area contributed by atoms with Crippen LogP contribution in [0.5, 0.6) is 11.5 Å². The predicted molar refractivity (Wildman–Crippen MR) is 61.5 cm³/mol. The molecule has 0 radical (unpaired) electrons. The van der Waals surface area contributed by atoms with E-state index in [1.165, 1.54) is 20.4 Å². The Kier molecular flexibility index (Phi) is 3.05. The van der Waals surface area contributed by atoms with Crippen molar-refractivity contribution >= 4 is 5.82 Å². The number of methoxy groups -OCH3 is 2. The Morgan fingerprint density at radius 3 is 2.11 bits per heavy atom. The van der Waals surface area contributed by atoms with Gasteiger partial charge in [0.15, 0.2) is 23.1 Å². The van der Waals surface area contributed by atoms with E-state index in [-0.39, 0.29) is 22.9 Å². The van der Waals surface area contributed by atoms with Gasteiger partial charge in [-0.3, -0.25) is 5.10 Å². The van der Waals surface area contributed by atoms with Crippen LogP contribution in [-0.2, 0) is 0 Å². The summed E-state index contributed by atoms with van der Waals surface area (Å²) in [7, 11) is 2.55. The minimum absolute atomic E-state index is 0.0868. The van der Waals surface area contributed by atoms with Gasteiger partial charge >= 0.3 is 0 Å². The van der Waals surface area contributed by atoms with Crippen LogP contribution in [0.1, 0.15) is 0 Å². The molecule has 1 aromatic heterocycles. The molecule has 5 nitrogen and oxygen atoms in total. The number of nitrogen functional groups attached to an aromatic ring is 1. The second-order valence-electron chi connectivity index (χ2n) is 3.48. The Labute approximate surface area is 102 Å². The molecule has 0 atom stereocenters. The van der Waals surface area contributed by atoms with Gasteiger partial charge in [-0.05, 0) is 0 Å². The highest BCUT2D eigenvalue weighted by Crippen LogP contribution is 2.43. The average Bonchev–Trinajstić information content (AvgIpc) is 2.74. The largest absolute Gasteiger partial charge is 0.493 e. The topological polar surface area (TPSA) is 73.2 Å². The standard InChI is InChI=1S/C11H11F2N3O2/c1-17-9-6(12)3-7(13)10(18-2)8(9)5-4-15-16-11(5)14/h3-4H,1-2H3,(H3,14,15,16). The van der Waals surface area contributed by atoms with Gasteiger partial charge in [-0.25, -0.2) is 8.78 Å². The summed E-state index contributed by atoms with van der Waals surface area (Å²) in [6, 6.07) is 0.692. The van der Waals surface area contributed by atoms with Gasteiger partial charge < -0.3 is 15.2 Å². The molecule has 7 heteroatoms. The maximum absolute atomic E-state index is 13.7. The summed E-state index contributed by atoms with van der Waals surface area (Å²) in [6.45, 7) is 0. The van der Waals surface area contributed by atoms with Crippen molar-refractivity contribution in [2.75, 3.05) is 20.0 Å². The van der Waals surface area contributed by atoms with Crippen LogP contribution in [0.4, 0.5) is 14.6 Å². The number of nitrogens with two attached hydrogens (primary N) is 1. The van der Waals surface area contributed by atoms with Crippen LogP contribution < -0.4 is 15.2 Å². The van der Waals surface area contributed by atoms with Gasteiger partial charge in [0, 0.05) is 6.07 Å². The Bertz CT molecular complexity index is 556. The molecule has 0 aliphatic heterocycles. The van der Waals surface area contributed by atoms with Crippen molar-refractivity contribution in [3.8, 4) is 22.6 Å². The molecule has 0 saturated carbocycles. The molecule has 0 fully saturated rings. The van der Waals surface area contributed by atoms with Gasteiger partial charge in [0.2, 0.25) is 0 Å². The van der Waals surface area contributed by atoms with Crippen LogP contribution >= 0.6 is 0 Å². The Balaban J connectivity index is 2.81. The van der Waals surface area contributed by atoms with Crippen molar-refractivity contribution in [2.45, 2.75) is 0 Å². The zero-order valence-electron chi connectivity index (χ0n) is 9.75. The van der Waals surface area contributed by atoms with Crippen LogP contribution in [0.2, 0.25) is 0 Å². The normalized spacial score (nSPS) is 10.4. The van der Waals surface area contributed by atoms with Crippen molar-refractivity contribution in [3.63, 3.8) is 0 Å². The number of hydrogen-bond donors (Lipinski definition) is 2. The first kappa shape index (κ1) is 12.2. The predicted octanol–water partition coefficient (Wildman–Crippen LogP) is 1.95. The third-order valence-corrected chi connectivity index (χ3v) is 2.49. The van der Waals surface area contributed by atoms with Gasteiger partial charge in [0.1, 0.15) is 5.82 Å². The van der Waals surface area contributed by atoms with Crippen molar-refractivity contribution in [2.24, 2.45) is 0 Å². The van der Waals surface area contributed by atoms with Gasteiger partial charge in [-0.1, -0.05) is 0 Å². The Hall–Kier alpha value is -2.31. The fourth-order valence-corrected chi connectivity index (χ4v) is 1.72. The first-order valence-corrected chi connectivity index (χ1v) is 4.99. The molecule has 0 spiro atoms. The number of halogens is 2. The second kappa shape index (κ2) is 4.52. The molecule has 1 heterocycles. The van der Waals surface area contributed by atoms with Crippen molar-refractivity contribution < 1.29 is 18.3 Å². The Morgan fingerprint density at radius 1 is 1.17 bits per heavy atom. The van der Waals surface area contributed by atoms with Gasteiger partial charge in [0.05, 0.1) is 31.5 Å². The molecule has 3 N–H and O–H groups in total. The number of H-pyrrole nitrogens is 1. The summed E-state index contributed by atoms with van der Waals surface area (Å²) in [4.78, 5) is 0. The summed E-state index contributed by atoms with van der Waals surface area (Å²) in [5.74, 6) is -1.82. The zero-order chi connectivity index (χ0) is 13.3. The number of aromatic amines is 1. The molecule has 0 aliphatic rings. The molecule has 0 amide bonds.